The number of nitrogens with one attached hydrogen (secondary N) is 1. The maximum atomic E-state index is 13.2. The third kappa shape index (κ3) is 5.40. The van der Waals surface area contributed by atoms with Crippen molar-refractivity contribution in [3.05, 3.63) is 94.3 Å². The van der Waals surface area contributed by atoms with E-state index >= 15 is 0 Å². The molecule has 34 heavy (non-hydrogen) atoms. The highest BCUT2D eigenvalue weighted by molar-refractivity contribution is 7.99. The highest BCUT2D eigenvalue weighted by atomic mass is 32.2. The van der Waals surface area contributed by atoms with Gasteiger partial charge >= 0.3 is 0 Å². The van der Waals surface area contributed by atoms with Gasteiger partial charge in [-0.2, -0.15) is 0 Å². The quantitative estimate of drug-likeness (QED) is 0.292. The molecule has 1 heterocycles. The van der Waals surface area contributed by atoms with E-state index in [0.29, 0.717) is 40.6 Å². The average molecular weight is 476 g/mol. The SMILES string of the molecule is COc1ccc(CNC(=O)CSc2nc3ccccc3c(=O)n2Cc2ccccc2)cc1OC. The Morgan fingerprint density at radius 1 is 0.941 bits per heavy atom. The van der Waals surface area contributed by atoms with Crippen LogP contribution >= 0.6 is 11.8 Å². The average Bonchev–Trinajstić information content (AvgIpc) is 2.88. The molecule has 0 aliphatic heterocycles. The van der Waals surface area contributed by atoms with Crippen molar-refractivity contribution in [2.45, 2.75) is 18.2 Å². The molecule has 0 saturated heterocycles. The number of hydrogen-bond acceptors (Lipinski definition) is 6. The van der Waals surface area contributed by atoms with Crippen LogP contribution in [0.5, 0.6) is 11.5 Å². The summed E-state index contributed by atoms with van der Waals surface area (Å²) in [5.41, 5.74) is 2.37. The molecular formula is C26H25N3O4S. The van der Waals surface area contributed by atoms with Gasteiger partial charge in [0.1, 0.15) is 0 Å². The Kier molecular flexibility index (Phi) is 7.49. The smallest absolute Gasteiger partial charge is 0.262 e. The summed E-state index contributed by atoms with van der Waals surface area (Å²) < 4.78 is 12.2. The van der Waals surface area contributed by atoms with Gasteiger partial charge in [-0.15, -0.1) is 0 Å². The van der Waals surface area contributed by atoms with Crippen LogP contribution in [-0.4, -0.2) is 35.4 Å². The number of carbonyl (C=O) groups is 1. The standard InChI is InChI=1S/C26H25N3O4S/c1-32-22-13-12-19(14-23(22)33-2)15-27-24(30)17-34-26-28-21-11-7-6-10-20(21)25(31)29(26)16-18-8-4-3-5-9-18/h3-14H,15-17H2,1-2H3,(H,27,30). The molecule has 3 aromatic carbocycles. The van der Waals surface area contributed by atoms with Crippen molar-refractivity contribution < 1.29 is 14.3 Å². The molecule has 8 heteroatoms. The van der Waals surface area contributed by atoms with Crippen molar-refractivity contribution in [3.8, 4) is 11.5 Å². The highest BCUT2D eigenvalue weighted by Gasteiger charge is 2.14. The van der Waals surface area contributed by atoms with E-state index in [1.807, 2.05) is 60.7 Å². The molecule has 4 aromatic rings. The van der Waals surface area contributed by atoms with Crippen LogP contribution in [0.3, 0.4) is 0 Å². The van der Waals surface area contributed by atoms with E-state index in [9.17, 15) is 9.59 Å². The molecule has 0 fully saturated rings. The minimum absolute atomic E-state index is 0.123. The number of hydrogen-bond donors (Lipinski definition) is 1. The molecule has 4 rings (SSSR count). The summed E-state index contributed by atoms with van der Waals surface area (Å²) in [6, 6.07) is 22.5. The van der Waals surface area contributed by atoms with E-state index in [2.05, 4.69) is 10.3 Å². The second kappa shape index (κ2) is 10.9. The Labute approximate surface area is 201 Å². The Morgan fingerprint density at radius 3 is 2.44 bits per heavy atom. The lowest BCUT2D eigenvalue weighted by atomic mass is 10.2. The summed E-state index contributed by atoms with van der Waals surface area (Å²) >= 11 is 1.25. The van der Waals surface area contributed by atoms with Gasteiger partial charge in [-0.05, 0) is 35.4 Å². The zero-order valence-corrected chi connectivity index (χ0v) is 19.8. The second-order valence-corrected chi connectivity index (χ2v) is 8.49. The van der Waals surface area contributed by atoms with Crippen LogP contribution in [0.2, 0.25) is 0 Å². The van der Waals surface area contributed by atoms with Crippen LogP contribution in [0.15, 0.2) is 82.7 Å². The van der Waals surface area contributed by atoms with E-state index in [0.717, 1.165) is 11.1 Å². The van der Waals surface area contributed by atoms with Crippen molar-refractivity contribution in [1.29, 1.82) is 0 Å². The van der Waals surface area contributed by atoms with E-state index in [-0.39, 0.29) is 17.2 Å². The molecule has 0 spiro atoms. The largest absolute Gasteiger partial charge is 0.493 e. The molecule has 0 unspecified atom stereocenters. The lowest BCUT2D eigenvalue weighted by Gasteiger charge is -2.13. The number of rotatable bonds is 9. The monoisotopic (exact) mass is 475 g/mol. The van der Waals surface area contributed by atoms with E-state index in [1.165, 1.54) is 11.8 Å². The first-order valence-corrected chi connectivity index (χ1v) is 11.7. The van der Waals surface area contributed by atoms with Crippen LogP contribution in [0.25, 0.3) is 10.9 Å². The van der Waals surface area contributed by atoms with E-state index in [4.69, 9.17) is 9.47 Å². The van der Waals surface area contributed by atoms with Crippen LogP contribution in [0.4, 0.5) is 0 Å². The predicted molar refractivity (Wildman–Crippen MR) is 134 cm³/mol. The molecule has 174 valence electrons. The predicted octanol–water partition coefficient (Wildman–Crippen LogP) is 3.87. The molecule has 1 N–H and O–H groups in total. The number of ether oxygens (including phenoxy) is 2. The number of amides is 1. The first-order chi connectivity index (χ1) is 16.6. The summed E-state index contributed by atoms with van der Waals surface area (Å²) in [6.45, 7) is 0.731. The first kappa shape index (κ1) is 23.4. The molecular weight excluding hydrogens is 450 g/mol. The number of carbonyl (C=O) groups excluding carboxylic acids is 1. The van der Waals surface area contributed by atoms with Crippen LogP contribution < -0.4 is 20.3 Å². The summed E-state index contributed by atoms with van der Waals surface area (Å²) in [6.07, 6.45) is 0. The molecule has 0 bridgehead atoms. The Balaban J connectivity index is 1.49. The topological polar surface area (TPSA) is 82.5 Å². The fourth-order valence-corrected chi connectivity index (χ4v) is 4.36. The lowest BCUT2D eigenvalue weighted by Crippen LogP contribution is -2.27. The highest BCUT2D eigenvalue weighted by Crippen LogP contribution is 2.27. The molecule has 1 amide bonds. The Bertz CT molecular complexity index is 1360. The number of benzene rings is 3. The summed E-state index contributed by atoms with van der Waals surface area (Å²) in [4.78, 5) is 30.5. The number of thioether (sulfide) groups is 1. The number of para-hydroxylation sites is 1. The molecule has 0 aliphatic carbocycles. The Morgan fingerprint density at radius 2 is 1.68 bits per heavy atom. The molecule has 1 aromatic heterocycles. The zero-order valence-electron chi connectivity index (χ0n) is 19.0. The minimum Gasteiger partial charge on any atom is -0.493 e. The maximum absolute atomic E-state index is 13.2. The molecule has 0 saturated carbocycles. The molecule has 7 nitrogen and oxygen atoms in total. The van der Waals surface area contributed by atoms with Gasteiger partial charge in [-0.25, -0.2) is 4.98 Å². The first-order valence-electron chi connectivity index (χ1n) is 10.7. The van der Waals surface area contributed by atoms with Crippen LogP contribution in [0, 0.1) is 0 Å². The van der Waals surface area contributed by atoms with Gasteiger partial charge in [0.05, 0.1) is 37.4 Å². The molecule has 0 aliphatic rings. The van der Waals surface area contributed by atoms with Gasteiger partial charge in [0.15, 0.2) is 16.7 Å². The van der Waals surface area contributed by atoms with Crippen molar-refractivity contribution in [1.82, 2.24) is 14.9 Å². The van der Waals surface area contributed by atoms with E-state index in [1.54, 1.807) is 30.9 Å². The van der Waals surface area contributed by atoms with Gasteiger partial charge in [-0.3, -0.25) is 14.2 Å². The van der Waals surface area contributed by atoms with Crippen molar-refractivity contribution in [2.75, 3.05) is 20.0 Å². The van der Waals surface area contributed by atoms with Crippen molar-refractivity contribution in [2.24, 2.45) is 0 Å². The molecule has 0 atom stereocenters. The zero-order chi connectivity index (χ0) is 23.9. The third-order valence-electron chi connectivity index (χ3n) is 5.28. The van der Waals surface area contributed by atoms with Crippen LogP contribution in [-0.2, 0) is 17.9 Å². The van der Waals surface area contributed by atoms with Crippen molar-refractivity contribution in [3.63, 3.8) is 0 Å². The second-order valence-electron chi connectivity index (χ2n) is 7.54. The lowest BCUT2D eigenvalue weighted by molar-refractivity contribution is -0.118. The number of nitrogens with zero attached hydrogens (tertiary/aromatic N) is 2. The minimum atomic E-state index is -0.159. The fraction of sp³-hybridized carbons (Fsp3) is 0.192. The maximum Gasteiger partial charge on any atom is 0.262 e. The van der Waals surface area contributed by atoms with E-state index < -0.39 is 0 Å². The van der Waals surface area contributed by atoms with Crippen LogP contribution in [0.1, 0.15) is 11.1 Å². The number of aromatic nitrogens is 2. The van der Waals surface area contributed by atoms with Gasteiger partial charge in [0.25, 0.3) is 5.56 Å². The van der Waals surface area contributed by atoms with Gasteiger partial charge in [-0.1, -0.05) is 60.3 Å². The molecule has 0 radical (unpaired) electrons. The van der Waals surface area contributed by atoms with Crippen molar-refractivity contribution >= 4 is 28.6 Å². The van der Waals surface area contributed by atoms with Gasteiger partial charge < -0.3 is 14.8 Å². The van der Waals surface area contributed by atoms with Gasteiger partial charge in [0.2, 0.25) is 5.91 Å². The van der Waals surface area contributed by atoms with Gasteiger partial charge in [0, 0.05) is 6.54 Å². The third-order valence-corrected chi connectivity index (χ3v) is 6.26. The summed E-state index contributed by atoms with van der Waals surface area (Å²) in [5, 5.41) is 3.97. The number of fused-ring (bicyclic) bond motifs is 1. The normalized spacial score (nSPS) is 10.8. The fourth-order valence-electron chi connectivity index (χ4n) is 3.54. The summed E-state index contributed by atoms with van der Waals surface area (Å²) in [5.74, 6) is 1.21. The number of methoxy groups -OCH3 is 2. The summed E-state index contributed by atoms with van der Waals surface area (Å²) in [7, 11) is 3.15. The Hall–Kier alpha value is -3.78.